The molecule has 4 rings (SSSR count). The van der Waals surface area contributed by atoms with Crippen LogP contribution in [0.15, 0.2) is 4.52 Å². The molecule has 0 unspecified atom stereocenters. The lowest BCUT2D eigenvalue weighted by atomic mass is 10.1. The number of amides is 1. The maximum absolute atomic E-state index is 12.1. The van der Waals surface area contributed by atoms with Crippen LogP contribution in [0.2, 0.25) is 0 Å². The zero-order valence-corrected chi connectivity index (χ0v) is 17.0. The summed E-state index contributed by atoms with van der Waals surface area (Å²) in [5, 5.41) is 8.89. The molecule has 1 saturated carbocycles. The van der Waals surface area contributed by atoms with Gasteiger partial charge in [-0.15, -0.1) is 0 Å². The molecule has 2 aromatic rings. The molecule has 0 N–H and O–H groups in total. The van der Waals surface area contributed by atoms with Crippen molar-refractivity contribution >= 4 is 5.91 Å². The number of likely N-dealkylation sites (N-methyl/N-ethyl adjacent to an activating group) is 1. The van der Waals surface area contributed by atoms with E-state index in [0.717, 1.165) is 36.7 Å². The van der Waals surface area contributed by atoms with E-state index in [4.69, 9.17) is 14.4 Å². The molecule has 1 aliphatic heterocycles. The molecule has 1 amide bonds. The van der Waals surface area contributed by atoms with Gasteiger partial charge < -0.3 is 14.2 Å². The second-order valence-electron chi connectivity index (χ2n) is 8.38. The molecule has 8 heteroatoms. The van der Waals surface area contributed by atoms with Crippen molar-refractivity contribution in [3.8, 4) is 11.6 Å². The summed E-state index contributed by atoms with van der Waals surface area (Å²) in [6, 6.07) is 0. The lowest BCUT2D eigenvalue weighted by Crippen LogP contribution is -2.29. The first-order valence-corrected chi connectivity index (χ1v) is 10.2. The van der Waals surface area contributed by atoms with Crippen LogP contribution in [0.3, 0.4) is 0 Å². The van der Waals surface area contributed by atoms with Gasteiger partial charge in [0, 0.05) is 50.7 Å². The second-order valence-corrected chi connectivity index (χ2v) is 8.38. The van der Waals surface area contributed by atoms with Crippen LogP contribution in [0.4, 0.5) is 0 Å². The lowest BCUT2D eigenvalue weighted by molar-refractivity contribution is -0.130. The molecule has 0 aromatic carbocycles. The van der Waals surface area contributed by atoms with Gasteiger partial charge in [0.05, 0.1) is 13.2 Å². The summed E-state index contributed by atoms with van der Waals surface area (Å²) in [7, 11) is 1.82. The Morgan fingerprint density at radius 2 is 2.18 bits per heavy atom. The summed E-state index contributed by atoms with van der Waals surface area (Å²) >= 11 is 0. The van der Waals surface area contributed by atoms with Gasteiger partial charge in [-0.2, -0.15) is 10.1 Å². The van der Waals surface area contributed by atoms with Crippen molar-refractivity contribution in [1.29, 1.82) is 0 Å². The maximum atomic E-state index is 12.1. The summed E-state index contributed by atoms with van der Waals surface area (Å²) in [4.78, 5) is 18.4. The summed E-state index contributed by atoms with van der Waals surface area (Å²) in [6.45, 7) is 6.90. The number of ether oxygens (including phenoxy) is 1. The molecule has 8 nitrogen and oxygen atoms in total. The zero-order chi connectivity index (χ0) is 19.7. The van der Waals surface area contributed by atoms with Gasteiger partial charge >= 0.3 is 0 Å². The molecule has 0 atom stereocenters. The van der Waals surface area contributed by atoms with Crippen LogP contribution >= 0.6 is 0 Å². The Morgan fingerprint density at radius 3 is 2.93 bits per heavy atom. The topological polar surface area (TPSA) is 86.3 Å². The van der Waals surface area contributed by atoms with Crippen molar-refractivity contribution in [1.82, 2.24) is 24.8 Å². The van der Waals surface area contributed by atoms with Crippen LogP contribution in [0.5, 0.6) is 0 Å². The monoisotopic (exact) mass is 387 g/mol. The van der Waals surface area contributed by atoms with Crippen LogP contribution in [-0.4, -0.2) is 50.9 Å². The molecule has 0 saturated heterocycles. The summed E-state index contributed by atoms with van der Waals surface area (Å²) in [6.07, 6.45) is 4.56. The van der Waals surface area contributed by atoms with Gasteiger partial charge in [0.2, 0.25) is 5.91 Å². The SMILES string of the molecule is CC(C)CC(=O)N(C)CCc1noc(-c2nn(CC3CC3)c3c2COCC3)n1. The van der Waals surface area contributed by atoms with Crippen LogP contribution in [-0.2, 0) is 35.5 Å². The van der Waals surface area contributed by atoms with E-state index in [-0.39, 0.29) is 5.91 Å². The Bertz CT molecular complexity index is 837. The normalized spacial score (nSPS) is 16.4. The Hall–Kier alpha value is -2.22. The van der Waals surface area contributed by atoms with E-state index in [9.17, 15) is 4.79 Å². The van der Waals surface area contributed by atoms with Gasteiger partial charge in [-0.3, -0.25) is 9.48 Å². The van der Waals surface area contributed by atoms with E-state index in [0.29, 0.717) is 43.6 Å². The van der Waals surface area contributed by atoms with Gasteiger partial charge in [-0.05, 0) is 24.7 Å². The molecule has 1 aliphatic carbocycles. The highest BCUT2D eigenvalue weighted by atomic mass is 16.5. The van der Waals surface area contributed by atoms with Gasteiger partial charge in [-0.1, -0.05) is 19.0 Å². The minimum absolute atomic E-state index is 0.142. The number of carbonyl (C=O) groups is 1. The molecule has 0 spiro atoms. The third-order valence-electron chi connectivity index (χ3n) is 5.37. The average Bonchev–Trinajstić information content (AvgIpc) is 3.23. The standard InChI is InChI=1S/C20H29N5O3/c1-13(2)10-18(26)24(3)8-6-17-21-20(28-23-17)19-15-12-27-9-7-16(15)25(22-19)11-14-4-5-14/h13-14H,4-12H2,1-3H3. The smallest absolute Gasteiger partial charge is 0.278 e. The van der Waals surface area contributed by atoms with Crippen molar-refractivity contribution in [2.75, 3.05) is 20.2 Å². The summed E-state index contributed by atoms with van der Waals surface area (Å²) < 4.78 is 13.3. The Morgan fingerprint density at radius 1 is 1.36 bits per heavy atom. The third-order valence-corrected chi connectivity index (χ3v) is 5.37. The van der Waals surface area contributed by atoms with Crippen LogP contribution in [0.1, 0.15) is 50.2 Å². The minimum Gasteiger partial charge on any atom is -0.376 e. The van der Waals surface area contributed by atoms with Crippen molar-refractivity contribution < 1.29 is 14.1 Å². The Balaban J connectivity index is 1.45. The number of hydrogen-bond acceptors (Lipinski definition) is 6. The fourth-order valence-corrected chi connectivity index (χ4v) is 3.53. The van der Waals surface area contributed by atoms with E-state index in [1.54, 1.807) is 4.90 Å². The summed E-state index contributed by atoms with van der Waals surface area (Å²) in [5.41, 5.74) is 3.07. The fraction of sp³-hybridized carbons (Fsp3) is 0.700. The quantitative estimate of drug-likeness (QED) is 0.692. The Kier molecular flexibility index (Phi) is 5.48. The van der Waals surface area contributed by atoms with Gasteiger partial charge in [0.25, 0.3) is 5.89 Å². The van der Waals surface area contributed by atoms with E-state index in [1.807, 2.05) is 20.9 Å². The molecule has 0 bridgehead atoms. The van der Waals surface area contributed by atoms with E-state index in [2.05, 4.69) is 14.8 Å². The number of aromatic nitrogens is 4. The number of nitrogens with zero attached hydrogens (tertiary/aromatic N) is 5. The second kappa shape index (κ2) is 8.03. The molecular formula is C20H29N5O3. The van der Waals surface area contributed by atoms with Crippen molar-refractivity contribution in [2.24, 2.45) is 11.8 Å². The predicted octanol–water partition coefficient (Wildman–Crippen LogP) is 2.46. The van der Waals surface area contributed by atoms with Crippen molar-refractivity contribution in [3.05, 3.63) is 17.1 Å². The first-order valence-electron chi connectivity index (χ1n) is 10.2. The molecule has 28 heavy (non-hydrogen) atoms. The highest BCUT2D eigenvalue weighted by Crippen LogP contribution is 2.34. The largest absolute Gasteiger partial charge is 0.376 e. The van der Waals surface area contributed by atoms with Crippen LogP contribution in [0, 0.1) is 11.8 Å². The zero-order valence-electron chi connectivity index (χ0n) is 17.0. The molecule has 0 radical (unpaired) electrons. The van der Waals surface area contributed by atoms with Gasteiger partial charge in [0.1, 0.15) is 0 Å². The fourth-order valence-electron chi connectivity index (χ4n) is 3.53. The van der Waals surface area contributed by atoms with E-state index in [1.165, 1.54) is 18.5 Å². The van der Waals surface area contributed by atoms with Crippen LogP contribution < -0.4 is 0 Å². The molecule has 2 aromatic heterocycles. The highest BCUT2D eigenvalue weighted by molar-refractivity contribution is 5.76. The first kappa shape index (κ1) is 19.1. The molecular weight excluding hydrogens is 358 g/mol. The molecule has 1 fully saturated rings. The maximum Gasteiger partial charge on any atom is 0.278 e. The number of carbonyl (C=O) groups excluding carboxylic acids is 1. The van der Waals surface area contributed by atoms with E-state index >= 15 is 0 Å². The molecule has 2 aliphatic rings. The minimum atomic E-state index is 0.142. The molecule has 3 heterocycles. The average molecular weight is 387 g/mol. The summed E-state index contributed by atoms with van der Waals surface area (Å²) in [5.74, 6) is 2.29. The number of fused-ring (bicyclic) bond motifs is 1. The van der Waals surface area contributed by atoms with Crippen molar-refractivity contribution in [2.45, 2.75) is 59.1 Å². The number of rotatable bonds is 8. The lowest BCUT2D eigenvalue weighted by Gasteiger charge is -2.17. The molecule has 152 valence electrons. The third kappa shape index (κ3) is 4.27. The highest BCUT2D eigenvalue weighted by Gasteiger charge is 2.29. The predicted molar refractivity (Wildman–Crippen MR) is 102 cm³/mol. The van der Waals surface area contributed by atoms with Crippen molar-refractivity contribution in [3.63, 3.8) is 0 Å². The Labute approximate surface area is 165 Å². The van der Waals surface area contributed by atoms with E-state index < -0.39 is 0 Å². The van der Waals surface area contributed by atoms with Gasteiger partial charge in [-0.25, -0.2) is 0 Å². The van der Waals surface area contributed by atoms with Gasteiger partial charge in [0.15, 0.2) is 11.5 Å². The van der Waals surface area contributed by atoms with Crippen LogP contribution in [0.25, 0.3) is 11.6 Å². The number of hydrogen-bond donors (Lipinski definition) is 0. The first-order chi connectivity index (χ1) is 13.5.